The molecular weight excluding hydrogens is 176 g/mol. The second-order valence-corrected chi connectivity index (χ2v) is 4.52. The zero-order chi connectivity index (χ0) is 10.2. The maximum absolute atomic E-state index is 11.7. The average Bonchev–Trinajstić information content (AvgIpc) is 2.38. The normalized spacial score (nSPS) is 36.6. The molecule has 0 unspecified atom stereocenters. The third-order valence-corrected chi connectivity index (χ3v) is 3.57. The van der Waals surface area contributed by atoms with Crippen molar-refractivity contribution in [3.63, 3.8) is 0 Å². The van der Waals surface area contributed by atoms with E-state index in [1.54, 1.807) is 6.08 Å². The summed E-state index contributed by atoms with van der Waals surface area (Å²) in [6, 6.07) is 0. The summed E-state index contributed by atoms with van der Waals surface area (Å²) in [4.78, 5) is 11.7. The Morgan fingerprint density at radius 2 is 2.43 bits per heavy atom. The summed E-state index contributed by atoms with van der Waals surface area (Å²) in [6.07, 6.45) is 8.57. The Labute approximate surface area is 84.3 Å². The van der Waals surface area contributed by atoms with Crippen molar-refractivity contribution in [2.24, 2.45) is 11.3 Å². The van der Waals surface area contributed by atoms with Gasteiger partial charge in [-0.1, -0.05) is 19.1 Å². The van der Waals surface area contributed by atoms with Gasteiger partial charge >= 0.3 is 0 Å². The molecule has 0 aromatic rings. The van der Waals surface area contributed by atoms with Gasteiger partial charge in [-0.05, 0) is 36.8 Å². The number of fused-ring (bicyclic) bond motifs is 1. The van der Waals surface area contributed by atoms with Crippen LogP contribution in [0.2, 0.25) is 0 Å². The lowest BCUT2D eigenvalue weighted by atomic mass is 9.73. The zero-order valence-electron chi connectivity index (χ0n) is 8.49. The number of allylic oxidation sites excluding steroid dienone is 3. The van der Waals surface area contributed by atoms with Crippen LogP contribution in [0, 0.1) is 11.3 Å². The van der Waals surface area contributed by atoms with Crippen molar-refractivity contribution in [3.05, 3.63) is 23.8 Å². The van der Waals surface area contributed by atoms with Crippen LogP contribution in [-0.2, 0) is 4.79 Å². The van der Waals surface area contributed by atoms with E-state index in [0.717, 1.165) is 24.8 Å². The molecule has 2 aliphatic rings. The number of aliphatic hydroxyl groups excluding tert-OH is 1. The molecule has 0 radical (unpaired) electrons. The molecular formula is C12H16O2. The standard InChI is InChI=1S/C12H16O2/c1-12-7-9(8-13)3-2-4-10(12)5-6-11(12)14/h3,5-6,10,13H,2,4,7-8H2,1H3/t10-,12-/m0/s1. The first-order valence-corrected chi connectivity index (χ1v) is 5.18. The van der Waals surface area contributed by atoms with Gasteiger partial charge in [-0.2, -0.15) is 0 Å². The zero-order valence-corrected chi connectivity index (χ0v) is 8.49. The van der Waals surface area contributed by atoms with Gasteiger partial charge in [-0.3, -0.25) is 4.79 Å². The largest absolute Gasteiger partial charge is 0.392 e. The van der Waals surface area contributed by atoms with Crippen molar-refractivity contribution < 1.29 is 9.90 Å². The molecule has 0 spiro atoms. The molecule has 0 heterocycles. The van der Waals surface area contributed by atoms with Crippen molar-refractivity contribution in [2.45, 2.75) is 26.2 Å². The van der Waals surface area contributed by atoms with Crippen LogP contribution in [0.1, 0.15) is 26.2 Å². The van der Waals surface area contributed by atoms with Crippen molar-refractivity contribution in [1.29, 1.82) is 0 Å². The Balaban J connectivity index is 2.28. The number of hydrogen-bond donors (Lipinski definition) is 1. The van der Waals surface area contributed by atoms with Gasteiger partial charge in [0.25, 0.3) is 0 Å². The quantitative estimate of drug-likeness (QED) is 0.644. The molecule has 0 saturated carbocycles. The lowest BCUT2D eigenvalue weighted by Gasteiger charge is -2.28. The lowest BCUT2D eigenvalue weighted by molar-refractivity contribution is -0.123. The highest BCUT2D eigenvalue weighted by Crippen LogP contribution is 2.44. The molecule has 2 aliphatic carbocycles. The predicted octanol–water partition coefficient (Wildman–Crippen LogP) is 1.85. The van der Waals surface area contributed by atoms with Crippen LogP contribution in [0.25, 0.3) is 0 Å². The van der Waals surface area contributed by atoms with Gasteiger partial charge in [0.05, 0.1) is 6.61 Å². The van der Waals surface area contributed by atoms with Crippen LogP contribution in [0.4, 0.5) is 0 Å². The highest BCUT2D eigenvalue weighted by atomic mass is 16.3. The van der Waals surface area contributed by atoms with E-state index in [-0.39, 0.29) is 17.8 Å². The van der Waals surface area contributed by atoms with Crippen LogP contribution in [-0.4, -0.2) is 17.5 Å². The summed E-state index contributed by atoms with van der Waals surface area (Å²) in [6.45, 7) is 2.12. The van der Waals surface area contributed by atoms with E-state index in [9.17, 15) is 4.79 Å². The van der Waals surface area contributed by atoms with Crippen molar-refractivity contribution >= 4 is 5.78 Å². The molecule has 0 aliphatic heterocycles. The Bertz CT molecular complexity index is 314. The molecule has 0 aromatic heterocycles. The third-order valence-electron chi connectivity index (χ3n) is 3.57. The molecule has 2 nitrogen and oxygen atoms in total. The molecule has 2 rings (SSSR count). The summed E-state index contributed by atoms with van der Waals surface area (Å²) in [5.41, 5.74) is 0.748. The fourth-order valence-corrected chi connectivity index (χ4v) is 2.55. The Hall–Kier alpha value is -0.890. The fraction of sp³-hybridized carbons (Fsp3) is 0.583. The molecule has 0 bridgehead atoms. The minimum absolute atomic E-state index is 0.0928. The fourth-order valence-electron chi connectivity index (χ4n) is 2.55. The van der Waals surface area contributed by atoms with E-state index in [2.05, 4.69) is 6.08 Å². The Morgan fingerprint density at radius 3 is 3.14 bits per heavy atom. The topological polar surface area (TPSA) is 37.3 Å². The number of rotatable bonds is 1. The van der Waals surface area contributed by atoms with Crippen molar-refractivity contribution in [2.75, 3.05) is 6.61 Å². The number of carbonyl (C=O) groups excluding carboxylic acids is 1. The number of aliphatic hydroxyl groups is 1. The molecule has 0 saturated heterocycles. The van der Waals surface area contributed by atoms with E-state index in [1.165, 1.54) is 0 Å². The maximum Gasteiger partial charge on any atom is 0.162 e. The number of carbonyl (C=O) groups is 1. The predicted molar refractivity (Wildman–Crippen MR) is 54.8 cm³/mol. The summed E-state index contributed by atoms with van der Waals surface area (Å²) < 4.78 is 0. The van der Waals surface area contributed by atoms with Gasteiger partial charge in [0.2, 0.25) is 0 Å². The summed E-state index contributed by atoms with van der Waals surface area (Å²) >= 11 is 0. The Morgan fingerprint density at radius 1 is 1.64 bits per heavy atom. The third kappa shape index (κ3) is 1.34. The minimum atomic E-state index is -0.273. The van der Waals surface area contributed by atoms with E-state index in [4.69, 9.17) is 5.11 Å². The summed E-state index contributed by atoms with van der Waals surface area (Å²) in [5.74, 6) is 0.596. The van der Waals surface area contributed by atoms with Gasteiger partial charge in [-0.15, -0.1) is 0 Å². The Kier molecular flexibility index (Phi) is 2.31. The molecule has 14 heavy (non-hydrogen) atoms. The lowest BCUT2D eigenvalue weighted by Crippen LogP contribution is -2.29. The SMILES string of the molecule is C[C@]12CC(CO)=CCC[C@H]1C=CC2=O. The molecule has 0 fully saturated rings. The summed E-state index contributed by atoms with van der Waals surface area (Å²) in [5, 5.41) is 9.14. The molecule has 0 aromatic carbocycles. The van der Waals surface area contributed by atoms with Crippen molar-refractivity contribution in [3.8, 4) is 0 Å². The molecule has 0 amide bonds. The summed E-state index contributed by atoms with van der Waals surface area (Å²) in [7, 11) is 0. The van der Waals surface area contributed by atoms with Crippen LogP contribution in [0.3, 0.4) is 0 Å². The van der Waals surface area contributed by atoms with Crippen LogP contribution in [0.15, 0.2) is 23.8 Å². The average molecular weight is 192 g/mol. The van der Waals surface area contributed by atoms with Crippen LogP contribution < -0.4 is 0 Å². The smallest absolute Gasteiger partial charge is 0.162 e. The monoisotopic (exact) mass is 192 g/mol. The van der Waals surface area contributed by atoms with Gasteiger partial charge in [0.1, 0.15) is 0 Å². The van der Waals surface area contributed by atoms with Crippen LogP contribution in [0.5, 0.6) is 0 Å². The van der Waals surface area contributed by atoms with Crippen molar-refractivity contribution in [1.82, 2.24) is 0 Å². The van der Waals surface area contributed by atoms with E-state index in [0.29, 0.717) is 5.92 Å². The van der Waals surface area contributed by atoms with Gasteiger partial charge < -0.3 is 5.11 Å². The number of hydrogen-bond acceptors (Lipinski definition) is 2. The highest BCUT2D eigenvalue weighted by Gasteiger charge is 2.43. The minimum Gasteiger partial charge on any atom is -0.392 e. The molecule has 76 valence electrons. The van der Waals surface area contributed by atoms with Gasteiger partial charge in [-0.25, -0.2) is 0 Å². The van der Waals surface area contributed by atoms with E-state index in [1.807, 2.05) is 13.0 Å². The highest BCUT2D eigenvalue weighted by molar-refractivity contribution is 5.97. The molecule has 2 heteroatoms. The van der Waals surface area contributed by atoms with E-state index < -0.39 is 0 Å². The van der Waals surface area contributed by atoms with Crippen LogP contribution >= 0.6 is 0 Å². The van der Waals surface area contributed by atoms with Gasteiger partial charge in [0.15, 0.2) is 5.78 Å². The number of ketones is 1. The first-order valence-electron chi connectivity index (χ1n) is 5.18. The van der Waals surface area contributed by atoms with Gasteiger partial charge in [0, 0.05) is 5.41 Å². The molecule has 1 N–H and O–H groups in total. The second kappa shape index (κ2) is 3.35. The van der Waals surface area contributed by atoms with E-state index >= 15 is 0 Å². The first-order chi connectivity index (χ1) is 6.66. The molecule has 2 atom stereocenters. The first kappa shape index (κ1) is 9.66. The maximum atomic E-state index is 11.7. The second-order valence-electron chi connectivity index (χ2n) is 4.52.